The molecule has 0 radical (unpaired) electrons. The molecule has 0 aliphatic heterocycles. The Balaban J connectivity index is 2.11. The zero-order chi connectivity index (χ0) is 9.36. The average Bonchev–Trinajstić information content (AvgIpc) is 2.21. The topological polar surface area (TPSA) is 9.23 Å². The summed E-state index contributed by atoms with van der Waals surface area (Å²) in [5, 5.41) is 0. The highest BCUT2D eigenvalue weighted by molar-refractivity contribution is 5.09. The van der Waals surface area contributed by atoms with Gasteiger partial charge in [0.1, 0.15) is 0 Å². The Labute approximate surface area is 81.2 Å². The molecule has 13 heavy (non-hydrogen) atoms. The van der Waals surface area contributed by atoms with Crippen LogP contribution in [0, 0.1) is 5.41 Å². The normalized spacial score (nSPS) is 44.5. The first kappa shape index (κ1) is 9.26. The molecule has 0 aromatic heterocycles. The molecule has 0 aromatic carbocycles. The lowest BCUT2D eigenvalue weighted by atomic mass is 9.58. The summed E-state index contributed by atoms with van der Waals surface area (Å²) in [6.07, 6.45) is 12.5. The van der Waals surface area contributed by atoms with Crippen LogP contribution in [-0.2, 0) is 4.74 Å². The van der Waals surface area contributed by atoms with E-state index in [1.165, 1.54) is 38.5 Å². The molecular weight excluding hydrogens is 160 g/mol. The average molecular weight is 180 g/mol. The second-order valence-electron chi connectivity index (χ2n) is 4.75. The summed E-state index contributed by atoms with van der Waals surface area (Å²) >= 11 is 0. The van der Waals surface area contributed by atoms with Crippen LogP contribution < -0.4 is 0 Å². The minimum Gasteiger partial charge on any atom is -0.378 e. The van der Waals surface area contributed by atoms with Crippen LogP contribution in [0.15, 0.2) is 12.2 Å². The van der Waals surface area contributed by atoms with Crippen LogP contribution in [0.25, 0.3) is 0 Å². The lowest BCUT2D eigenvalue weighted by molar-refractivity contribution is -0.104. The highest BCUT2D eigenvalue weighted by Crippen LogP contribution is 2.54. The molecule has 1 nitrogen and oxygen atoms in total. The van der Waals surface area contributed by atoms with Gasteiger partial charge in [-0.2, -0.15) is 0 Å². The number of hydrogen-bond acceptors (Lipinski definition) is 1. The molecule has 3 saturated carbocycles. The van der Waals surface area contributed by atoms with E-state index in [0.29, 0.717) is 5.41 Å². The van der Waals surface area contributed by atoms with Crippen LogP contribution in [0.1, 0.15) is 45.4 Å². The van der Waals surface area contributed by atoms with Gasteiger partial charge in [0, 0.05) is 7.11 Å². The molecule has 0 saturated heterocycles. The lowest BCUT2D eigenvalue weighted by Crippen LogP contribution is -2.46. The van der Waals surface area contributed by atoms with Gasteiger partial charge in [0.05, 0.1) is 5.60 Å². The first-order chi connectivity index (χ1) is 6.24. The van der Waals surface area contributed by atoms with E-state index in [1.54, 1.807) is 0 Å². The summed E-state index contributed by atoms with van der Waals surface area (Å²) in [5.41, 5.74) is 0.818. The fraction of sp³-hybridized carbons (Fsp3) is 0.833. The number of ether oxygens (including phenoxy) is 1. The summed E-state index contributed by atoms with van der Waals surface area (Å²) in [6, 6.07) is 0. The van der Waals surface area contributed by atoms with Gasteiger partial charge in [-0.3, -0.25) is 0 Å². The van der Waals surface area contributed by atoms with Gasteiger partial charge in [0.25, 0.3) is 0 Å². The van der Waals surface area contributed by atoms with Gasteiger partial charge in [-0.05, 0) is 50.9 Å². The number of methoxy groups -OCH3 is 1. The van der Waals surface area contributed by atoms with Crippen molar-refractivity contribution in [2.24, 2.45) is 5.41 Å². The molecule has 3 aliphatic carbocycles. The zero-order valence-corrected chi connectivity index (χ0v) is 8.81. The van der Waals surface area contributed by atoms with E-state index in [4.69, 9.17) is 4.74 Å². The number of allylic oxidation sites excluding steroid dienone is 2. The van der Waals surface area contributed by atoms with Crippen molar-refractivity contribution in [2.75, 3.05) is 7.11 Å². The van der Waals surface area contributed by atoms with E-state index in [9.17, 15) is 0 Å². The van der Waals surface area contributed by atoms with Gasteiger partial charge < -0.3 is 4.74 Å². The highest BCUT2D eigenvalue weighted by atomic mass is 16.5. The van der Waals surface area contributed by atoms with Gasteiger partial charge in [0.2, 0.25) is 0 Å². The zero-order valence-electron chi connectivity index (χ0n) is 8.81. The van der Waals surface area contributed by atoms with Gasteiger partial charge >= 0.3 is 0 Å². The summed E-state index contributed by atoms with van der Waals surface area (Å²) in [5.74, 6) is 0. The summed E-state index contributed by atoms with van der Waals surface area (Å²) in [7, 11) is 1.88. The second kappa shape index (κ2) is 3.13. The summed E-state index contributed by atoms with van der Waals surface area (Å²) in [6.45, 7) is 2.14. The predicted molar refractivity (Wildman–Crippen MR) is 54.7 cm³/mol. The maximum Gasteiger partial charge on any atom is 0.0679 e. The Hall–Kier alpha value is -0.300. The van der Waals surface area contributed by atoms with Gasteiger partial charge in [-0.1, -0.05) is 12.2 Å². The van der Waals surface area contributed by atoms with E-state index >= 15 is 0 Å². The second-order valence-corrected chi connectivity index (χ2v) is 4.75. The van der Waals surface area contributed by atoms with Crippen LogP contribution in [0.5, 0.6) is 0 Å². The van der Waals surface area contributed by atoms with Gasteiger partial charge in [-0.15, -0.1) is 0 Å². The van der Waals surface area contributed by atoms with E-state index in [0.717, 1.165) is 0 Å². The summed E-state index contributed by atoms with van der Waals surface area (Å²) in [4.78, 5) is 0. The quantitative estimate of drug-likeness (QED) is 0.592. The van der Waals surface area contributed by atoms with Crippen molar-refractivity contribution in [1.82, 2.24) is 0 Å². The molecule has 0 spiro atoms. The standard InChI is InChI=1S/C12H20O/c1-3-4-11-5-8-12(13-2,9-6-11)10-7-11/h3-4H,5-10H2,1-2H3/b4-3+. The van der Waals surface area contributed by atoms with Crippen molar-refractivity contribution in [3.63, 3.8) is 0 Å². The van der Waals surface area contributed by atoms with E-state index < -0.39 is 0 Å². The van der Waals surface area contributed by atoms with E-state index in [1.807, 2.05) is 7.11 Å². The van der Waals surface area contributed by atoms with Crippen molar-refractivity contribution in [1.29, 1.82) is 0 Å². The molecule has 0 heterocycles. The van der Waals surface area contributed by atoms with E-state index in [2.05, 4.69) is 19.1 Å². The number of fused-ring (bicyclic) bond motifs is 3. The maximum absolute atomic E-state index is 5.66. The Kier molecular flexibility index (Phi) is 2.23. The SMILES string of the molecule is C/C=C/C12CCC(OC)(CC1)CC2. The molecule has 3 rings (SSSR count). The summed E-state index contributed by atoms with van der Waals surface area (Å²) < 4.78 is 5.66. The molecule has 0 N–H and O–H groups in total. The number of hydrogen-bond donors (Lipinski definition) is 0. The van der Waals surface area contributed by atoms with Crippen molar-refractivity contribution < 1.29 is 4.74 Å². The van der Waals surface area contributed by atoms with Crippen LogP contribution in [0.4, 0.5) is 0 Å². The Bertz CT molecular complexity index is 193. The Morgan fingerprint density at radius 2 is 1.54 bits per heavy atom. The van der Waals surface area contributed by atoms with Crippen molar-refractivity contribution >= 4 is 0 Å². The molecule has 74 valence electrons. The maximum atomic E-state index is 5.66. The van der Waals surface area contributed by atoms with Crippen molar-refractivity contribution in [2.45, 2.75) is 51.0 Å². The molecule has 0 atom stereocenters. The predicted octanol–water partition coefficient (Wildman–Crippen LogP) is 3.30. The molecule has 0 unspecified atom stereocenters. The highest BCUT2D eigenvalue weighted by Gasteiger charge is 2.47. The molecule has 0 amide bonds. The van der Waals surface area contributed by atoms with Crippen LogP contribution in [0.3, 0.4) is 0 Å². The van der Waals surface area contributed by atoms with Crippen molar-refractivity contribution in [3.8, 4) is 0 Å². The molecule has 3 aliphatic rings. The number of rotatable bonds is 2. The molecular formula is C12H20O. The first-order valence-electron chi connectivity index (χ1n) is 5.43. The Morgan fingerprint density at radius 1 is 1.00 bits per heavy atom. The minimum atomic E-state index is 0.267. The van der Waals surface area contributed by atoms with Crippen LogP contribution >= 0.6 is 0 Å². The van der Waals surface area contributed by atoms with Gasteiger partial charge in [-0.25, -0.2) is 0 Å². The van der Waals surface area contributed by atoms with E-state index in [-0.39, 0.29) is 5.60 Å². The molecule has 2 bridgehead atoms. The fourth-order valence-electron chi connectivity index (χ4n) is 3.09. The molecule has 0 aromatic rings. The fourth-order valence-corrected chi connectivity index (χ4v) is 3.09. The smallest absolute Gasteiger partial charge is 0.0679 e. The minimum absolute atomic E-state index is 0.267. The molecule has 1 heteroatoms. The Morgan fingerprint density at radius 3 is 1.92 bits per heavy atom. The van der Waals surface area contributed by atoms with Crippen molar-refractivity contribution in [3.05, 3.63) is 12.2 Å². The largest absolute Gasteiger partial charge is 0.378 e. The monoisotopic (exact) mass is 180 g/mol. The van der Waals surface area contributed by atoms with Crippen LogP contribution in [-0.4, -0.2) is 12.7 Å². The van der Waals surface area contributed by atoms with Crippen LogP contribution in [0.2, 0.25) is 0 Å². The third-order valence-corrected chi connectivity index (χ3v) is 4.19. The third-order valence-electron chi connectivity index (χ3n) is 4.19. The molecule has 3 fully saturated rings. The van der Waals surface area contributed by atoms with Gasteiger partial charge in [0.15, 0.2) is 0 Å². The third kappa shape index (κ3) is 1.43. The lowest BCUT2D eigenvalue weighted by Gasteiger charge is -2.51. The first-order valence-corrected chi connectivity index (χ1v) is 5.43.